The van der Waals surface area contributed by atoms with E-state index in [1.54, 1.807) is 0 Å². The Balaban J connectivity index is 1.54. The summed E-state index contributed by atoms with van der Waals surface area (Å²) in [7, 11) is 3.88. The van der Waals surface area contributed by atoms with Gasteiger partial charge in [0.15, 0.2) is 23.5 Å². The maximum absolute atomic E-state index is 13.9. The highest BCUT2D eigenvalue weighted by Gasteiger charge is 2.48. The van der Waals surface area contributed by atoms with Crippen LogP contribution in [-0.2, 0) is 14.2 Å². The van der Waals surface area contributed by atoms with Crippen LogP contribution in [0.1, 0.15) is 6.92 Å². The monoisotopic (exact) mass is 668 g/mol. The van der Waals surface area contributed by atoms with E-state index in [-0.39, 0.29) is 45.3 Å². The van der Waals surface area contributed by atoms with Crippen molar-refractivity contribution in [1.29, 1.82) is 0 Å². The van der Waals surface area contributed by atoms with Crippen LogP contribution in [-0.4, -0.2) is 130 Å². The van der Waals surface area contributed by atoms with E-state index in [1.807, 2.05) is 0 Å². The Kier molecular flexibility index (Phi) is 10.0. The van der Waals surface area contributed by atoms with Crippen LogP contribution in [0.3, 0.4) is 0 Å². The lowest BCUT2D eigenvalue weighted by Gasteiger charge is -2.42. The molecule has 1 aromatic heterocycles. The molecule has 3 heterocycles. The molecule has 0 aliphatic carbocycles. The molecular formula is C30H36O17. The summed E-state index contributed by atoms with van der Waals surface area (Å²) in [6.07, 6.45) is -16.1. The van der Waals surface area contributed by atoms with Gasteiger partial charge in [0.2, 0.25) is 23.2 Å². The molecule has 0 saturated carbocycles. The maximum atomic E-state index is 13.9. The van der Waals surface area contributed by atoms with Crippen molar-refractivity contribution in [3.8, 4) is 45.8 Å². The van der Waals surface area contributed by atoms with Crippen LogP contribution in [0, 0.1) is 0 Å². The Morgan fingerprint density at radius 2 is 1.36 bits per heavy atom. The second kappa shape index (κ2) is 13.7. The van der Waals surface area contributed by atoms with Crippen molar-refractivity contribution in [2.24, 2.45) is 0 Å². The molecule has 5 rings (SSSR count). The lowest BCUT2D eigenvalue weighted by atomic mass is 9.98. The molecule has 17 nitrogen and oxygen atoms in total. The number of hydrogen-bond donors (Lipinski definition) is 8. The van der Waals surface area contributed by atoms with Gasteiger partial charge in [0.1, 0.15) is 65.2 Å². The van der Waals surface area contributed by atoms with E-state index in [0.29, 0.717) is 0 Å². The number of aliphatic hydroxyl groups excluding tert-OH is 6. The number of benzene rings is 2. The number of fused-ring (bicyclic) bond motifs is 1. The smallest absolute Gasteiger partial charge is 0.239 e. The van der Waals surface area contributed by atoms with E-state index in [0.717, 1.165) is 6.07 Å². The zero-order valence-corrected chi connectivity index (χ0v) is 25.5. The molecule has 258 valence electrons. The summed E-state index contributed by atoms with van der Waals surface area (Å²) < 4.78 is 44.1. The normalized spacial score (nSPS) is 31.0. The zero-order chi connectivity index (χ0) is 34.3. The molecular weight excluding hydrogens is 632 g/mol. The minimum absolute atomic E-state index is 0.0666. The van der Waals surface area contributed by atoms with Crippen molar-refractivity contribution in [2.45, 2.75) is 68.3 Å². The summed E-state index contributed by atoms with van der Waals surface area (Å²) in [5.41, 5.74) is -1.02. The van der Waals surface area contributed by atoms with E-state index in [2.05, 4.69) is 0 Å². The van der Waals surface area contributed by atoms with E-state index in [4.69, 9.17) is 37.6 Å². The lowest BCUT2D eigenvalue weighted by Crippen LogP contribution is -2.61. The quantitative estimate of drug-likeness (QED) is 0.135. The van der Waals surface area contributed by atoms with Gasteiger partial charge in [-0.05, 0) is 19.1 Å². The Bertz CT molecular complexity index is 1620. The van der Waals surface area contributed by atoms with Crippen LogP contribution < -0.4 is 24.4 Å². The van der Waals surface area contributed by atoms with Gasteiger partial charge in [-0.15, -0.1) is 0 Å². The average Bonchev–Trinajstić information content (AvgIpc) is 3.06. The fraction of sp³-hybridized carbons (Fsp3) is 0.500. The minimum atomic E-state index is -1.95. The molecule has 0 bridgehead atoms. The first-order valence-corrected chi connectivity index (χ1v) is 14.3. The molecule has 0 radical (unpaired) electrons. The molecule has 8 N–H and O–H groups in total. The van der Waals surface area contributed by atoms with Crippen molar-refractivity contribution in [1.82, 2.24) is 0 Å². The summed E-state index contributed by atoms with van der Waals surface area (Å²) in [6, 6.07) is 5.08. The molecule has 0 amide bonds. The van der Waals surface area contributed by atoms with Crippen molar-refractivity contribution in [2.75, 3.05) is 27.9 Å². The van der Waals surface area contributed by atoms with Crippen molar-refractivity contribution in [3.63, 3.8) is 0 Å². The van der Waals surface area contributed by atoms with Crippen LogP contribution in [0.25, 0.3) is 22.3 Å². The van der Waals surface area contributed by atoms with Crippen molar-refractivity contribution in [3.05, 3.63) is 34.5 Å². The predicted molar refractivity (Wildman–Crippen MR) is 157 cm³/mol. The molecule has 2 aromatic carbocycles. The van der Waals surface area contributed by atoms with Crippen LogP contribution in [0.5, 0.6) is 34.5 Å². The van der Waals surface area contributed by atoms with Crippen LogP contribution in [0.2, 0.25) is 0 Å². The van der Waals surface area contributed by atoms with Gasteiger partial charge in [0.25, 0.3) is 0 Å². The Morgan fingerprint density at radius 3 is 1.98 bits per heavy atom. The Hall–Kier alpha value is -3.91. The van der Waals surface area contributed by atoms with Crippen molar-refractivity contribution < 1.29 is 78.4 Å². The first-order chi connectivity index (χ1) is 22.3. The van der Waals surface area contributed by atoms with Gasteiger partial charge in [-0.25, -0.2) is 0 Å². The summed E-state index contributed by atoms with van der Waals surface area (Å²) in [4.78, 5) is 13.9. The van der Waals surface area contributed by atoms with Crippen LogP contribution in [0.4, 0.5) is 0 Å². The first-order valence-electron chi connectivity index (χ1n) is 14.3. The fourth-order valence-electron chi connectivity index (χ4n) is 5.31. The predicted octanol–water partition coefficient (Wildman–Crippen LogP) is -1.07. The summed E-state index contributed by atoms with van der Waals surface area (Å²) in [6.45, 7) is 0.847. The number of phenolic OH excluding ortho intramolecular Hbond substituents is 2. The Labute approximate surface area is 266 Å². The number of aromatic hydroxyl groups is 2. The van der Waals surface area contributed by atoms with Gasteiger partial charge in [0, 0.05) is 17.7 Å². The largest absolute Gasteiger partial charge is 0.507 e. The van der Waals surface area contributed by atoms with E-state index < -0.39 is 84.9 Å². The Morgan fingerprint density at radius 1 is 0.745 bits per heavy atom. The topological polar surface area (TPSA) is 257 Å². The third-order valence-electron chi connectivity index (χ3n) is 8.02. The molecule has 47 heavy (non-hydrogen) atoms. The number of ether oxygens (including phenoxy) is 7. The molecule has 2 fully saturated rings. The summed E-state index contributed by atoms with van der Waals surface area (Å²) in [5.74, 6) is -1.85. The number of rotatable bonds is 9. The molecule has 2 aliphatic heterocycles. The molecule has 3 aromatic rings. The highest BCUT2D eigenvalue weighted by molar-refractivity contribution is 5.88. The zero-order valence-electron chi connectivity index (χ0n) is 25.5. The fourth-order valence-corrected chi connectivity index (χ4v) is 5.31. The second-order valence-electron chi connectivity index (χ2n) is 11.0. The summed E-state index contributed by atoms with van der Waals surface area (Å²) >= 11 is 0. The standard InChI is InChI=1S/C30H36O17/c1-10-19(32)23(36)25(38)29(44-10)43-9-17-21(34)24(37)26(39)30(46-17)47-28-22(35)18-13(31)7-12(40-2)8-14(18)45-27(28)11-5-15(41-3)20(33)16(6-11)42-4/h5-8,10,17,19,21,23-26,29-34,36-39H,9H2,1-4H3/t10-,17+,19-,21+,23+,24-,25+,26+,29+,30-/m0/s1. The number of hydrogen-bond acceptors (Lipinski definition) is 17. The molecule has 17 heteroatoms. The second-order valence-corrected chi connectivity index (χ2v) is 11.0. The van der Waals surface area contributed by atoms with E-state index >= 15 is 0 Å². The lowest BCUT2D eigenvalue weighted by molar-refractivity contribution is -0.318. The van der Waals surface area contributed by atoms with E-state index in [9.17, 15) is 45.6 Å². The van der Waals surface area contributed by atoms with Crippen LogP contribution >= 0.6 is 0 Å². The highest BCUT2D eigenvalue weighted by atomic mass is 16.7. The molecule has 0 spiro atoms. The van der Waals surface area contributed by atoms with Gasteiger partial charge in [0.05, 0.1) is 34.0 Å². The molecule has 10 atom stereocenters. The number of methoxy groups -OCH3 is 3. The SMILES string of the molecule is COc1cc(O)c2c(=O)c(O[C@@H]3O[C@H](CO[C@@H]4O[C@@H](C)[C@H](O)[C@@H](O)[C@H]4O)[C@@H](O)[C@H](O)[C@H]3O)c(-c3cc(OC)c(O)c(OC)c3)oc2c1. The van der Waals surface area contributed by atoms with Gasteiger partial charge >= 0.3 is 0 Å². The van der Waals surface area contributed by atoms with Gasteiger partial charge in [-0.3, -0.25) is 4.79 Å². The average molecular weight is 669 g/mol. The minimum Gasteiger partial charge on any atom is -0.507 e. The van der Waals surface area contributed by atoms with Gasteiger partial charge in [-0.2, -0.15) is 0 Å². The van der Waals surface area contributed by atoms with Crippen LogP contribution in [0.15, 0.2) is 33.5 Å². The van der Waals surface area contributed by atoms with Gasteiger partial charge in [-0.1, -0.05) is 0 Å². The van der Waals surface area contributed by atoms with Crippen molar-refractivity contribution >= 4 is 11.0 Å². The van der Waals surface area contributed by atoms with Gasteiger partial charge < -0.3 is 78.4 Å². The number of phenols is 2. The molecule has 0 unspecified atom stereocenters. The summed E-state index contributed by atoms with van der Waals surface area (Å²) in [5, 5.41) is 83.3. The molecule has 2 saturated heterocycles. The highest BCUT2D eigenvalue weighted by Crippen LogP contribution is 2.44. The third-order valence-corrected chi connectivity index (χ3v) is 8.02. The molecule has 2 aliphatic rings. The first kappa shape index (κ1) is 34.4. The third kappa shape index (κ3) is 6.37. The number of aliphatic hydroxyl groups is 6. The van der Waals surface area contributed by atoms with E-state index in [1.165, 1.54) is 46.5 Å². The maximum Gasteiger partial charge on any atom is 0.239 e.